The van der Waals surface area contributed by atoms with Crippen molar-refractivity contribution >= 4 is 28.9 Å². The largest absolute Gasteiger partial charge is 0.462 e. The normalized spacial score (nSPS) is 16.0. The first-order valence-electron chi connectivity index (χ1n) is 8.05. The lowest BCUT2D eigenvalue weighted by Gasteiger charge is -2.11. The average molecular weight is 341 g/mol. The number of ketones is 1. The molecule has 0 bridgehead atoms. The van der Waals surface area contributed by atoms with Gasteiger partial charge in [-0.1, -0.05) is 0 Å². The Morgan fingerprint density at radius 3 is 3.00 bits per heavy atom. The van der Waals surface area contributed by atoms with Gasteiger partial charge in [-0.05, 0) is 39.0 Å². The van der Waals surface area contributed by atoms with Crippen molar-refractivity contribution in [3.63, 3.8) is 0 Å². The second kappa shape index (κ2) is 6.80. The first kappa shape index (κ1) is 16.8. The zero-order chi connectivity index (χ0) is 18.0. The van der Waals surface area contributed by atoms with E-state index in [1.54, 1.807) is 25.4 Å². The van der Waals surface area contributed by atoms with Gasteiger partial charge in [0.1, 0.15) is 5.65 Å². The van der Waals surface area contributed by atoms with Gasteiger partial charge < -0.3 is 19.8 Å². The van der Waals surface area contributed by atoms with Gasteiger partial charge in [0, 0.05) is 29.4 Å². The highest BCUT2D eigenvalue weighted by Crippen LogP contribution is 2.28. The van der Waals surface area contributed by atoms with Crippen molar-refractivity contribution in [1.29, 1.82) is 0 Å². The number of aromatic amines is 1. The van der Waals surface area contributed by atoms with E-state index in [0.29, 0.717) is 5.65 Å². The van der Waals surface area contributed by atoms with Gasteiger partial charge in [0.25, 0.3) is 0 Å². The Balaban J connectivity index is 1.97. The Morgan fingerprint density at radius 2 is 2.28 bits per heavy atom. The molecule has 0 fully saturated rings. The van der Waals surface area contributed by atoms with Gasteiger partial charge >= 0.3 is 5.97 Å². The summed E-state index contributed by atoms with van der Waals surface area (Å²) in [6.07, 6.45) is 5.01. The number of esters is 1. The molecule has 130 valence electrons. The molecule has 0 saturated heterocycles. The Hall–Kier alpha value is -3.09. The topological polar surface area (TPSA) is 93.3 Å². The Labute approximate surface area is 144 Å². The summed E-state index contributed by atoms with van der Waals surface area (Å²) in [5, 5.41) is 3.84. The lowest BCUT2D eigenvalue weighted by Crippen LogP contribution is -2.25. The second-order valence-electron chi connectivity index (χ2n) is 5.81. The van der Waals surface area contributed by atoms with E-state index >= 15 is 0 Å². The first-order valence-corrected chi connectivity index (χ1v) is 8.05. The molecule has 7 heteroatoms. The van der Waals surface area contributed by atoms with Gasteiger partial charge in [0.15, 0.2) is 11.3 Å². The molecular weight excluding hydrogens is 322 g/mol. The smallest absolute Gasteiger partial charge is 0.347 e. The third-order valence-corrected chi connectivity index (χ3v) is 3.56. The van der Waals surface area contributed by atoms with Crippen LogP contribution >= 0.6 is 0 Å². The Morgan fingerprint density at radius 1 is 1.48 bits per heavy atom. The lowest BCUT2D eigenvalue weighted by molar-refractivity contribution is -0.139. The number of allylic oxidation sites excluding steroid dienone is 1. The maximum Gasteiger partial charge on any atom is 0.347 e. The number of H-pyrrole nitrogens is 1. The molecule has 3 heterocycles. The predicted molar refractivity (Wildman–Crippen MR) is 92.1 cm³/mol. The zero-order valence-electron chi connectivity index (χ0n) is 14.3. The number of nitrogens with one attached hydrogen (secondary N) is 2. The molecule has 1 aliphatic heterocycles. The van der Waals surface area contributed by atoms with E-state index in [-0.39, 0.29) is 29.9 Å². The number of hydrogen-bond acceptors (Lipinski definition) is 6. The van der Waals surface area contributed by atoms with E-state index in [4.69, 9.17) is 9.47 Å². The molecule has 2 N–H and O–H groups in total. The molecule has 0 amide bonds. The van der Waals surface area contributed by atoms with Crippen LogP contribution in [0.3, 0.4) is 0 Å². The molecule has 0 atom stereocenters. The van der Waals surface area contributed by atoms with Crippen molar-refractivity contribution in [2.24, 2.45) is 0 Å². The van der Waals surface area contributed by atoms with Gasteiger partial charge in [-0.2, -0.15) is 0 Å². The molecular formula is C18H19N3O4. The molecule has 0 unspecified atom stereocenters. The van der Waals surface area contributed by atoms with Crippen molar-refractivity contribution in [2.45, 2.75) is 26.8 Å². The summed E-state index contributed by atoms with van der Waals surface area (Å²) >= 11 is 0. The number of nitrogens with zero attached hydrogens (tertiary/aromatic N) is 1. The van der Waals surface area contributed by atoms with Gasteiger partial charge in [0.05, 0.1) is 6.61 Å². The lowest BCUT2D eigenvalue weighted by atomic mass is 10.1. The molecule has 1 aliphatic rings. The van der Waals surface area contributed by atoms with Crippen molar-refractivity contribution in [3.8, 4) is 0 Å². The number of carbonyl (C=O) groups excluding carboxylic acids is 2. The minimum atomic E-state index is -0.695. The monoisotopic (exact) mass is 341 g/mol. The van der Waals surface area contributed by atoms with Crippen LogP contribution in [0.25, 0.3) is 17.1 Å². The van der Waals surface area contributed by atoms with E-state index in [1.807, 2.05) is 26.0 Å². The fourth-order valence-corrected chi connectivity index (χ4v) is 2.52. The maximum atomic E-state index is 12.7. The molecule has 2 aromatic heterocycles. The maximum absolute atomic E-state index is 12.7. The van der Waals surface area contributed by atoms with Crippen molar-refractivity contribution in [3.05, 3.63) is 47.3 Å². The number of pyridine rings is 1. The van der Waals surface area contributed by atoms with Crippen LogP contribution in [0.2, 0.25) is 0 Å². The molecule has 0 aliphatic carbocycles. The highest BCUT2D eigenvalue weighted by Gasteiger charge is 2.37. The Kier molecular flexibility index (Phi) is 4.56. The van der Waals surface area contributed by atoms with Crippen LogP contribution in [0.5, 0.6) is 0 Å². The Bertz CT molecular complexity index is 893. The minimum absolute atomic E-state index is 0.0103. The fourth-order valence-electron chi connectivity index (χ4n) is 2.52. The van der Waals surface area contributed by atoms with Crippen LogP contribution in [-0.2, 0) is 19.1 Å². The summed E-state index contributed by atoms with van der Waals surface area (Å²) in [5.74, 6) is -1.00. The molecule has 7 nitrogen and oxygen atoms in total. The standard InChI is InChI=1S/C18H19N3O4/c1-4-24-18(23)14-15(22)13(25-17(14)21-10(2)3)8-11-9-20-16-12(11)6-5-7-19-16/h5-10,21H,4H2,1-3H3,(H,19,20)/b13-8-. The minimum Gasteiger partial charge on any atom is -0.462 e. The molecule has 0 spiro atoms. The van der Waals surface area contributed by atoms with Gasteiger partial charge in [-0.25, -0.2) is 9.78 Å². The van der Waals surface area contributed by atoms with Crippen LogP contribution in [0, 0.1) is 0 Å². The summed E-state index contributed by atoms with van der Waals surface area (Å²) < 4.78 is 10.6. The first-order chi connectivity index (χ1) is 12.0. The fraction of sp³-hybridized carbons (Fsp3) is 0.278. The highest BCUT2D eigenvalue weighted by atomic mass is 16.5. The molecule has 0 saturated carbocycles. The number of aromatic nitrogens is 2. The van der Waals surface area contributed by atoms with Crippen LogP contribution in [0.15, 0.2) is 41.7 Å². The average Bonchev–Trinajstić information content (AvgIpc) is 3.10. The van der Waals surface area contributed by atoms with Gasteiger partial charge in [0.2, 0.25) is 11.7 Å². The molecule has 2 aromatic rings. The quantitative estimate of drug-likeness (QED) is 0.492. The van der Waals surface area contributed by atoms with Crippen LogP contribution in [-0.4, -0.2) is 34.4 Å². The third-order valence-electron chi connectivity index (χ3n) is 3.56. The second-order valence-corrected chi connectivity index (χ2v) is 5.81. The van der Waals surface area contributed by atoms with Crippen molar-refractivity contribution in [2.75, 3.05) is 6.61 Å². The SMILES string of the molecule is CCOC(=O)C1=C(NC(C)C)O/C(=C\c2c[nH]c3ncccc23)C1=O. The summed E-state index contributed by atoms with van der Waals surface area (Å²) in [4.78, 5) is 32.0. The van der Waals surface area contributed by atoms with Gasteiger partial charge in [-0.3, -0.25) is 4.79 Å². The van der Waals surface area contributed by atoms with E-state index in [1.165, 1.54) is 0 Å². The highest BCUT2D eigenvalue weighted by molar-refractivity contribution is 6.26. The number of carbonyl (C=O) groups is 2. The van der Waals surface area contributed by atoms with Gasteiger partial charge in [-0.15, -0.1) is 0 Å². The van der Waals surface area contributed by atoms with Crippen molar-refractivity contribution in [1.82, 2.24) is 15.3 Å². The molecule has 0 radical (unpaired) electrons. The van der Waals surface area contributed by atoms with E-state index in [2.05, 4.69) is 15.3 Å². The zero-order valence-corrected chi connectivity index (χ0v) is 14.3. The van der Waals surface area contributed by atoms with Crippen molar-refractivity contribution < 1.29 is 19.1 Å². The number of rotatable bonds is 5. The summed E-state index contributed by atoms with van der Waals surface area (Å²) in [6.45, 7) is 5.63. The van der Waals surface area contributed by atoms with E-state index in [9.17, 15) is 9.59 Å². The molecule has 3 rings (SSSR count). The number of ether oxygens (including phenoxy) is 2. The third kappa shape index (κ3) is 3.26. The van der Waals surface area contributed by atoms with Crippen LogP contribution in [0.1, 0.15) is 26.3 Å². The van der Waals surface area contributed by atoms with E-state index < -0.39 is 11.8 Å². The van der Waals surface area contributed by atoms with Crippen LogP contribution < -0.4 is 5.32 Å². The van der Waals surface area contributed by atoms with E-state index in [0.717, 1.165) is 10.9 Å². The molecule has 0 aromatic carbocycles. The number of fused-ring (bicyclic) bond motifs is 1. The predicted octanol–water partition coefficient (Wildman–Crippen LogP) is 2.28. The summed E-state index contributed by atoms with van der Waals surface area (Å²) in [7, 11) is 0. The summed E-state index contributed by atoms with van der Waals surface area (Å²) in [5.41, 5.74) is 1.35. The molecule has 25 heavy (non-hydrogen) atoms. The number of hydrogen-bond donors (Lipinski definition) is 2. The summed E-state index contributed by atoms with van der Waals surface area (Å²) in [6, 6.07) is 3.69. The van der Waals surface area contributed by atoms with Crippen LogP contribution in [0.4, 0.5) is 0 Å². The number of Topliss-reactive ketones (excluding diaryl/α,β-unsaturated/α-hetero) is 1.